The van der Waals surface area contributed by atoms with E-state index in [9.17, 15) is 14.0 Å². The predicted molar refractivity (Wildman–Crippen MR) is 97.3 cm³/mol. The van der Waals surface area contributed by atoms with Crippen molar-refractivity contribution < 1.29 is 18.7 Å². The Bertz CT molecular complexity index is 1010. The third-order valence-electron chi connectivity index (χ3n) is 3.74. The van der Waals surface area contributed by atoms with Gasteiger partial charge in [-0.05, 0) is 48.5 Å². The SMILES string of the molecule is COc1ccc(-n2nc(C(=O)Nc3ccc(F)cc3)c(=O)cc2OC)cc1. The van der Waals surface area contributed by atoms with Gasteiger partial charge in [0.1, 0.15) is 11.6 Å². The van der Waals surface area contributed by atoms with Crippen LogP contribution in [0.5, 0.6) is 11.6 Å². The van der Waals surface area contributed by atoms with Gasteiger partial charge in [0.2, 0.25) is 11.3 Å². The lowest BCUT2D eigenvalue weighted by Crippen LogP contribution is -2.26. The molecule has 0 saturated heterocycles. The number of amides is 1. The van der Waals surface area contributed by atoms with E-state index in [-0.39, 0.29) is 11.6 Å². The number of benzene rings is 2. The van der Waals surface area contributed by atoms with Crippen LogP contribution < -0.4 is 20.2 Å². The number of aromatic nitrogens is 2. The van der Waals surface area contributed by atoms with Gasteiger partial charge in [0.25, 0.3) is 5.91 Å². The summed E-state index contributed by atoms with van der Waals surface area (Å²) in [5.41, 5.74) is -0.00920. The van der Waals surface area contributed by atoms with Crippen molar-refractivity contribution in [1.82, 2.24) is 9.78 Å². The molecule has 3 aromatic rings. The zero-order valence-corrected chi connectivity index (χ0v) is 14.6. The Morgan fingerprint density at radius 3 is 2.30 bits per heavy atom. The molecule has 1 N–H and O–H groups in total. The molecule has 0 saturated carbocycles. The maximum Gasteiger partial charge on any atom is 0.280 e. The van der Waals surface area contributed by atoms with Gasteiger partial charge in [-0.1, -0.05) is 0 Å². The number of carbonyl (C=O) groups excluding carboxylic acids is 1. The van der Waals surface area contributed by atoms with Crippen LogP contribution in [0.1, 0.15) is 10.5 Å². The molecule has 0 radical (unpaired) electrons. The monoisotopic (exact) mass is 369 g/mol. The smallest absolute Gasteiger partial charge is 0.280 e. The van der Waals surface area contributed by atoms with Gasteiger partial charge >= 0.3 is 0 Å². The lowest BCUT2D eigenvalue weighted by atomic mass is 10.2. The van der Waals surface area contributed by atoms with E-state index in [1.54, 1.807) is 31.4 Å². The number of hydrogen-bond acceptors (Lipinski definition) is 5. The average molecular weight is 369 g/mol. The normalized spacial score (nSPS) is 10.3. The largest absolute Gasteiger partial charge is 0.497 e. The zero-order valence-electron chi connectivity index (χ0n) is 14.6. The van der Waals surface area contributed by atoms with Gasteiger partial charge in [-0.2, -0.15) is 5.10 Å². The van der Waals surface area contributed by atoms with Gasteiger partial charge < -0.3 is 14.8 Å². The predicted octanol–water partition coefficient (Wildman–Crippen LogP) is 2.64. The summed E-state index contributed by atoms with van der Waals surface area (Å²) < 4.78 is 24.6. The molecule has 0 aliphatic carbocycles. The first kappa shape index (κ1) is 18.1. The standard InChI is InChI=1S/C19H16FN3O4/c1-26-15-9-7-14(8-10-15)23-17(27-2)11-16(24)18(22-23)19(25)21-13-5-3-12(20)4-6-13/h3-11H,1-2H3,(H,21,25). The van der Waals surface area contributed by atoms with E-state index in [2.05, 4.69) is 10.4 Å². The van der Waals surface area contributed by atoms with Crippen molar-refractivity contribution in [3.05, 3.63) is 76.3 Å². The summed E-state index contributed by atoms with van der Waals surface area (Å²) in [7, 11) is 2.94. The Labute approximate surface area is 154 Å². The fourth-order valence-corrected chi connectivity index (χ4v) is 2.37. The van der Waals surface area contributed by atoms with E-state index >= 15 is 0 Å². The summed E-state index contributed by atoms with van der Waals surface area (Å²) in [6.45, 7) is 0. The number of carbonyl (C=O) groups is 1. The zero-order chi connectivity index (χ0) is 19.4. The number of hydrogen-bond donors (Lipinski definition) is 1. The lowest BCUT2D eigenvalue weighted by molar-refractivity contribution is 0.101. The van der Waals surface area contributed by atoms with Gasteiger partial charge in [0.05, 0.1) is 26.0 Å². The van der Waals surface area contributed by atoms with Crippen molar-refractivity contribution in [2.75, 3.05) is 19.5 Å². The van der Waals surface area contributed by atoms with Crippen LogP contribution >= 0.6 is 0 Å². The summed E-state index contributed by atoms with van der Waals surface area (Å²) in [5.74, 6) is -0.328. The lowest BCUT2D eigenvalue weighted by Gasteiger charge is -2.13. The Balaban J connectivity index is 1.98. The molecule has 1 amide bonds. The van der Waals surface area contributed by atoms with Crippen LogP contribution in [0.25, 0.3) is 5.69 Å². The third kappa shape index (κ3) is 3.95. The number of halogens is 1. The number of rotatable bonds is 5. The van der Waals surface area contributed by atoms with Crippen molar-refractivity contribution in [3.63, 3.8) is 0 Å². The van der Waals surface area contributed by atoms with Crippen molar-refractivity contribution in [2.45, 2.75) is 0 Å². The molecule has 0 fully saturated rings. The molecule has 8 heteroatoms. The quantitative estimate of drug-likeness (QED) is 0.748. The number of ether oxygens (including phenoxy) is 2. The molecule has 0 spiro atoms. The van der Waals surface area contributed by atoms with E-state index in [0.29, 0.717) is 17.1 Å². The van der Waals surface area contributed by atoms with Crippen LogP contribution in [0, 0.1) is 5.82 Å². The van der Waals surface area contributed by atoms with E-state index < -0.39 is 17.2 Å². The fourth-order valence-electron chi connectivity index (χ4n) is 2.37. The summed E-state index contributed by atoms with van der Waals surface area (Å²) in [6, 6.07) is 13.2. The molecule has 1 aromatic heterocycles. The Morgan fingerprint density at radius 1 is 1.04 bits per heavy atom. The molecule has 0 atom stereocenters. The molecule has 0 aliphatic heterocycles. The second-order valence-corrected chi connectivity index (χ2v) is 5.47. The molecule has 1 heterocycles. The van der Waals surface area contributed by atoms with Gasteiger partial charge in [-0.15, -0.1) is 0 Å². The molecule has 3 rings (SSSR count). The van der Waals surface area contributed by atoms with Gasteiger partial charge in [-0.3, -0.25) is 9.59 Å². The van der Waals surface area contributed by atoms with Crippen molar-refractivity contribution >= 4 is 11.6 Å². The summed E-state index contributed by atoms with van der Waals surface area (Å²) in [4.78, 5) is 24.7. The maximum atomic E-state index is 13.0. The van der Waals surface area contributed by atoms with Crippen LogP contribution in [-0.2, 0) is 0 Å². The molecule has 27 heavy (non-hydrogen) atoms. The Morgan fingerprint density at radius 2 is 1.70 bits per heavy atom. The van der Waals surface area contributed by atoms with Crippen LogP contribution in [0.15, 0.2) is 59.4 Å². The molecule has 7 nitrogen and oxygen atoms in total. The number of nitrogens with zero attached hydrogens (tertiary/aromatic N) is 2. The van der Waals surface area contributed by atoms with E-state index in [1.807, 2.05) is 0 Å². The summed E-state index contributed by atoms with van der Waals surface area (Å²) in [6.07, 6.45) is 0. The second kappa shape index (κ2) is 7.69. The number of nitrogens with one attached hydrogen (secondary N) is 1. The third-order valence-corrected chi connectivity index (χ3v) is 3.74. The van der Waals surface area contributed by atoms with E-state index in [4.69, 9.17) is 9.47 Å². The second-order valence-electron chi connectivity index (χ2n) is 5.47. The first-order chi connectivity index (χ1) is 13.0. The number of anilines is 1. The molecular formula is C19H16FN3O4. The topological polar surface area (TPSA) is 82.5 Å². The maximum absolute atomic E-state index is 13.0. The Hall–Kier alpha value is -3.68. The van der Waals surface area contributed by atoms with Crippen LogP contribution in [-0.4, -0.2) is 29.9 Å². The van der Waals surface area contributed by atoms with Crippen molar-refractivity contribution in [2.24, 2.45) is 0 Å². The van der Waals surface area contributed by atoms with Crippen LogP contribution in [0.3, 0.4) is 0 Å². The molecular weight excluding hydrogens is 353 g/mol. The first-order valence-electron chi connectivity index (χ1n) is 7.91. The highest BCUT2D eigenvalue weighted by atomic mass is 19.1. The molecule has 138 valence electrons. The average Bonchev–Trinajstić information content (AvgIpc) is 2.69. The fraction of sp³-hybridized carbons (Fsp3) is 0.105. The summed E-state index contributed by atoms with van der Waals surface area (Å²) in [5, 5.41) is 6.65. The van der Waals surface area contributed by atoms with Crippen molar-refractivity contribution in [3.8, 4) is 17.3 Å². The van der Waals surface area contributed by atoms with Gasteiger partial charge in [0, 0.05) is 5.69 Å². The van der Waals surface area contributed by atoms with Gasteiger partial charge in [-0.25, -0.2) is 9.07 Å². The number of methoxy groups -OCH3 is 2. The van der Waals surface area contributed by atoms with E-state index in [1.165, 1.54) is 42.1 Å². The molecule has 2 aromatic carbocycles. The highest BCUT2D eigenvalue weighted by molar-refractivity contribution is 6.02. The minimum Gasteiger partial charge on any atom is -0.497 e. The highest BCUT2D eigenvalue weighted by Crippen LogP contribution is 2.19. The minimum atomic E-state index is -0.712. The van der Waals surface area contributed by atoms with Crippen molar-refractivity contribution in [1.29, 1.82) is 0 Å². The Kier molecular flexibility index (Phi) is 5.16. The van der Waals surface area contributed by atoms with Crippen LogP contribution in [0.4, 0.5) is 10.1 Å². The van der Waals surface area contributed by atoms with Gasteiger partial charge in [0.15, 0.2) is 5.69 Å². The molecule has 0 unspecified atom stereocenters. The minimum absolute atomic E-state index is 0.170. The molecule has 0 bridgehead atoms. The molecule has 0 aliphatic rings. The highest BCUT2D eigenvalue weighted by Gasteiger charge is 2.17. The van der Waals surface area contributed by atoms with E-state index in [0.717, 1.165) is 0 Å². The summed E-state index contributed by atoms with van der Waals surface area (Å²) >= 11 is 0. The van der Waals surface area contributed by atoms with Crippen LogP contribution in [0.2, 0.25) is 0 Å². The first-order valence-corrected chi connectivity index (χ1v) is 7.91.